The molecule has 5 aliphatic rings. The highest BCUT2D eigenvalue weighted by molar-refractivity contribution is 5.98. The maximum Gasteiger partial charge on any atom is 0.132 e. The smallest absolute Gasteiger partial charge is 0.132 e. The number of hydrogen-bond acceptors (Lipinski definition) is 2. The summed E-state index contributed by atoms with van der Waals surface area (Å²) in [7, 11) is 0. The molecule has 1 heterocycles. The Labute approximate surface area is 492 Å². The van der Waals surface area contributed by atoms with Crippen molar-refractivity contribution in [3.8, 4) is 56.0 Å². The highest BCUT2D eigenvalue weighted by Gasteiger charge is 2.54. The van der Waals surface area contributed by atoms with Gasteiger partial charge in [0.25, 0.3) is 0 Å². The van der Waals surface area contributed by atoms with E-state index in [9.17, 15) is 0 Å². The minimum absolute atomic E-state index is 0.0564. The first kappa shape index (κ1) is 51.7. The summed E-state index contributed by atoms with van der Waals surface area (Å²) < 4.78 is 7.23. The van der Waals surface area contributed by atoms with Gasteiger partial charge in [-0.3, -0.25) is 0 Å². The van der Waals surface area contributed by atoms with Gasteiger partial charge in [0.05, 0.1) is 10.8 Å². The van der Waals surface area contributed by atoms with Crippen molar-refractivity contribution in [3.63, 3.8) is 0 Å². The van der Waals surface area contributed by atoms with Crippen LogP contribution >= 0.6 is 0 Å². The Balaban J connectivity index is 1.04. The fourth-order valence-corrected chi connectivity index (χ4v) is 15.5. The zero-order chi connectivity index (χ0) is 57.7. The summed E-state index contributed by atoms with van der Waals surface area (Å²) in [6.45, 7) is 33.0. The molecule has 0 N–H and O–H groups in total. The zero-order valence-corrected chi connectivity index (χ0v) is 50.9. The van der Waals surface area contributed by atoms with E-state index in [0.717, 1.165) is 34.1 Å². The first-order valence-electron chi connectivity index (χ1n) is 30.2. The van der Waals surface area contributed by atoms with Gasteiger partial charge in [-0.25, -0.2) is 0 Å². The number of hydrogen-bond donors (Lipinski definition) is 0. The number of nitrogens with zero attached hydrogens (tertiary/aromatic N) is 1. The lowest BCUT2D eigenvalue weighted by molar-refractivity contribution is 0.436. The Hall–Kier alpha value is -8.20. The van der Waals surface area contributed by atoms with Crippen molar-refractivity contribution in [2.75, 3.05) is 4.90 Å². The summed E-state index contributed by atoms with van der Waals surface area (Å²) in [6, 6.07) is 78.4. The Morgan fingerprint density at radius 3 is 1.02 bits per heavy atom. The summed E-state index contributed by atoms with van der Waals surface area (Å²) in [5.74, 6) is 1.78. The van der Waals surface area contributed by atoms with E-state index in [0.29, 0.717) is 0 Å². The SMILES string of the molecule is CC(C)(C)c1ccc2c(c1)C1(c3ccccc3Oc3ccc(N(c4ccc5c(c4)C(C)(C)c4ccccc4-5)c4ccc5c(c4)C4(c6ccccc6-5)c5cc(C(C)(C)C)ccc5-c5ccc(C(C)(C)C)cc54)cc31)c1cc(C(C)(C)C)ccc1-2. The minimum Gasteiger partial charge on any atom is -0.457 e. The largest absolute Gasteiger partial charge is 0.457 e. The van der Waals surface area contributed by atoms with Gasteiger partial charge in [0.2, 0.25) is 0 Å². The molecule has 10 aromatic rings. The maximum atomic E-state index is 7.23. The van der Waals surface area contributed by atoms with Gasteiger partial charge in [0.1, 0.15) is 11.5 Å². The second-order valence-electron chi connectivity index (χ2n) is 29.3. The monoisotopic (exact) mass is 1080 g/mol. The molecular formula is C81H75NO. The van der Waals surface area contributed by atoms with Crippen molar-refractivity contribution in [1.82, 2.24) is 0 Å². The summed E-state index contributed by atoms with van der Waals surface area (Å²) in [5, 5.41) is 0. The third-order valence-electron chi connectivity index (χ3n) is 20.0. The van der Waals surface area contributed by atoms with Crippen LogP contribution in [-0.4, -0.2) is 0 Å². The minimum atomic E-state index is -0.697. The Morgan fingerprint density at radius 2 is 0.566 bits per heavy atom. The molecule has 0 aromatic heterocycles. The van der Waals surface area contributed by atoms with Crippen molar-refractivity contribution in [2.45, 2.75) is 135 Å². The number of fused-ring (bicyclic) bond motifs is 22. The molecule has 2 nitrogen and oxygen atoms in total. The average molecular weight is 1080 g/mol. The van der Waals surface area contributed by atoms with E-state index in [2.05, 4.69) is 302 Å². The molecule has 83 heavy (non-hydrogen) atoms. The predicted molar refractivity (Wildman–Crippen MR) is 347 cm³/mol. The third kappa shape index (κ3) is 7.08. The van der Waals surface area contributed by atoms with Crippen LogP contribution in [0.4, 0.5) is 17.1 Å². The molecule has 10 aromatic carbocycles. The fourth-order valence-electron chi connectivity index (χ4n) is 15.5. The third-order valence-corrected chi connectivity index (χ3v) is 20.0. The Bertz CT molecular complexity index is 4310. The van der Waals surface area contributed by atoms with Crippen LogP contribution in [0.3, 0.4) is 0 Å². The molecule has 1 aliphatic heterocycles. The van der Waals surface area contributed by atoms with E-state index in [-0.39, 0.29) is 27.1 Å². The first-order valence-corrected chi connectivity index (χ1v) is 30.2. The molecule has 0 saturated carbocycles. The normalized spacial score (nSPS) is 15.7. The fraction of sp³-hybridized carbons (Fsp3) is 0.259. The van der Waals surface area contributed by atoms with Crippen molar-refractivity contribution in [2.24, 2.45) is 0 Å². The highest BCUT2D eigenvalue weighted by atomic mass is 16.5. The van der Waals surface area contributed by atoms with Gasteiger partial charge >= 0.3 is 0 Å². The van der Waals surface area contributed by atoms with Gasteiger partial charge in [-0.15, -0.1) is 0 Å². The average Bonchev–Trinajstić information content (AvgIpc) is 1.58. The quantitative estimate of drug-likeness (QED) is 0.175. The molecule has 0 radical (unpaired) electrons. The van der Waals surface area contributed by atoms with Gasteiger partial charge in [0, 0.05) is 33.6 Å². The van der Waals surface area contributed by atoms with Crippen LogP contribution in [0.15, 0.2) is 200 Å². The highest BCUT2D eigenvalue weighted by Crippen LogP contribution is 2.66. The van der Waals surface area contributed by atoms with Crippen LogP contribution < -0.4 is 9.64 Å². The van der Waals surface area contributed by atoms with Crippen molar-refractivity contribution in [3.05, 3.63) is 278 Å². The van der Waals surface area contributed by atoms with Crippen molar-refractivity contribution in [1.29, 1.82) is 0 Å². The molecule has 2 spiro atoms. The topological polar surface area (TPSA) is 12.5 Å². The number of anilines is 3. The van der Waals surface area contributed by atoms with Gasteiger partial charge in [-0.1, -0.05) is 249 Å². The predicted octanol–water partition coefficient (Wildman–Crippen LogP) is 21.5. The lowest BCUT2D eigenvalue weighted by Gasteiger charge is -2.41. The molecule has 4 aliphatic carbocycles. The van der Waals surface area contributed by atoms with Crippen LogP contribution in [0.5, 0.6) is 11.5 Å². The van der Waals surface area contributed by atoms with E-state index in [1.807, 2.05) is 0 Å². The maximum absolute atomic E-state index is 7.23. The van der Waals surface area contributed by atoms with E-state index >= 15 is 0 Å². The van der Waals surface area contributed by atoms with Crippen LogP contribution in [0.1, 0.15) is 175 Å². The molecular weight excluding hydrogens is 1000 g/mol. The first-order chi connectivity index (χ1) is 39.4. The van der Waals surface area contributed by atoms with Crippen LogP contribution in [0.25, 0.3) is 44.5 Å². The molecule has 0 fully saturated rings. The summed E-state index contributed by atoms with van der Waals surface area (Å²) in [4.78, 5) is 2.58. The van der Waals surface area contributed by atoms with Crippen molar-refractivity contribution >= 4 is 17.1 Å². The lowest BCUT2D eigenvalue weighted by atomic mass is 9.65. The van der Waals surface area contributed by atoms with Crippen LogP contribution in [0.2, 0.25) is 0 Å². The molecule has 0 unspecified atom stereocenters. The molecule has 15 rings (SSSR count). The summed E-state index contributed by atoms with van der Waals surface area (Å²) in [6.07, 6.45) is 0. The van der Waals surface area contributed by atoms with E-state index in [4.69, 9.17) is 4.74 Å². The molecule has 2 heteroatoms. The second kappa shape index (κ2) is 17.0. The van der Waals surface area contributed by atoms with E-state index < -0.39 is 10.8 Å². The second-order valence-corrected chi connectivity index (χ2v) is 29.3. The Morgan fingerprint density at radius 1 is 0.265 bits per heavy atom. The van der Waals surface area contributed by atoms with Crippen molar-refractivity contribution < 1.29 is 4.74 Å². The standard InChI is InChI=1S/C81H75NO/c1-75(2,3)48-27-34-58-59-35-28-49(76(4,5)6)42-68(59)80(67(58)41-48)64-24-18-16-22-56(64)62-39-32-53(46-71(62)80)82(52-31-38-57-55-21-15-17-23-63(55)79(13,14)66(57)45-52)54-33-40-74-72(47-54)81(65-25-19-20-26-73(65)83-74)69-43-50(77(7,8)9)29-36-60(69)61-37-30-51(44-70(61)81)78(10,11)12/h15-47H,1-14H3. The van der Waals surface area contributed by atoms with Crippen LogP contribution in [-0.2, 0) is 37.9 Å². The van der Waals surface area contributed by atoms with Gasteiger partial charge < -0.3 is 9.64 Å². The summed E-state index contributed by atoms with van der Waals surface area (Å²) >= 11 is 0. The molecule has 0 saturated heterocycles. The van der Waals surface area contributed by atoms with E-state index in [1.54, 1.807) is 0 Å². The number of ether oxygens (including phenoxy) is 1. The number of para-hydroxylation sites is 1. The van der Waals surface area contributed by atoms with E-state index in [1.165, 1.54) is 117 Å². The molecule has 0 amide bonds. The molecule has 410 valence electrons. The van der Waals surface area contributed by atoms with Gasteiger partial charge in [-0.05, 0) is 181 Å². The summed E-state index contributed by atoms with van der Waals surface area (Å²) in [5.41, 5.74) is 30.3. The lowest BCUT2D eigenvalue weighted by Crippen LogP contribution is -2.33. The molecule has 0 bridgehead atoms. The zero-order valence-electron chi connectivity index (χ0n) is 50.9. The Kier molecular flexibility index (Phi) is 10.6. The molecule has 0 atom stereocenters. The van der Waals surface area contributed by atoms with Crippen LogP contribution in [0, 0.1) is 0 Å². The van der Waals surface area contributed by atoms with Gasteiger partial charge in [-0.2, -0.15) is 0 Å². The van der Waals surface area contributed by atoms with Gasteiger partial charge in [0.15, 0.2) is 0 Å². The number of benzene rings is 10. The number of rotatable bonds is 3.